The number of esters is 1. The van der Waals surface area contributed by atoms with E-state index in [0.717, 1.165) is 39.0 Å². The average Bonchev–Trinajstić information content (AvgIpc) is 3.21. The molecule has 1 atom stereocenters. The number of fused-ring (bicyclic) bond motifs is 1. The molecule has 0 aromatic heterocycles. The molecule has 1 aliphatic carbocycles. The molecule has 0 saturated carbocycles. The fraction of sp³-hybridized carbons (Fsp3) is 0.652. The van der Waals surface area contributed by atoms with Crippen molar-refractivity contribution in [3.05, 3.63) is 35.4 Å². The minimum atomic E-state index is -0.396. The standard InChI is InChI=1S/C23H33N3O3/c1-29-22(27)15-24-23(28)19-7-4-10-26(16-19)20-8-11-25(12-9-20)21-13-17-5-2-3-6-18(17)14-21/h2-3,5-6,19-21H,4,7-16H2,1H3,(H,24,28). The third kappa shape index (κ3) is 4.81. The van der Waals surface area contributed by atoms with E-state index >= 15 is 0 Å². The molecular formula is C23H33N3O3. The van der Waals surface area contributed by atoms with E-state index in [1.807, 2.05) is 0 Å². The largest absolute Gasteiger partial charge is 0.468 e. The van der Waals surface area contributed by atoms with E-state index in [1.54, 1.807) is 0 Å². The Balaban J connectivity index is 1.24. The van der Waals surface area contributed by atoms with Crippen LogP contribution in [0.15, 0.2) is 24.3 Å². The molecule has 1 unspecified atom stereocenters. The normalized spacial score (nSPS) is 24.2. The predicted molar refractivity (Wildman–Crippen MR) is 112 cm³/mol. The van der Waals surface area contributed by atoms with Crippen molar-refractivity contribution in [2.45, 2.75) is 50.6 Å². The predicted octanol–water partition coefficient (Wildman–Crippen LogP) is 1.62. The first kappa shape index (κ1) is 20.4. The zero-order valence-corrected chi connectivity index (χ0v) is 17.4. The van der Waals surface area contributed by atoms with Gasteiger partial charge in [0.1, 0.15) is 6.54 Å². The lowest BCUT2D eigenvalue weighted by Gasteiger charge is -2.43. The number of carbonyl (C=O) groups is 2. The third-order valence-electron chi connectivity index (χ3n) is 7.02. The van der Waals surface area contributed by atoms with Gasteiger partial charge in [-0.05, 0) is 69.3 Å². The zero-order chi connectivity index (χ0) is 20.2. The topological polar surface area (TPSA) is 61.9 Å². The van der Waals surface area contributed by atoms with Crippen LogP contribution in [-0.2, 0) is 27.2 Å². The molecule has 2 heterocycles. The Hall–Kier alpha value is -1.92. The van der Waals surface area contributed by atoms with Crippen LogP contribution in [0.25, 0.3) is 0 Å². The summed E-state index contributed by atoms with van der Waals surface area (Å²) in [7, 11) is 1.34. The summed E-state index contributed by atoms with van der Waals surface area (Å²) in [6, 6.07) is 10.1. The van der Waals surface area contributed by atoms with Gasteiger partial charge in [-0.15, -0.1) is 0 Å². The summed E-state index contributed by atoms with van der Waals surface area (Å²) < 4.78 is 4.61. The first-order chi connectivity index (χ1) is 14.1. The van der Waals surface area contributed by atoms with Gasteiger partial charge in [-0.1, -0.05) is 24.3 Å². The molecule has 2 saturated heterocycles. The molecule has 6 nitrogen and oxygen atoms in total. The molecule has 0 bridgehead atoms. The molecule has 4 rings (SSSR count). The Morgan fingerprint density at radius 3 is 2.34 bits per heavy atom. The van der Waals surface area contributed by atoms with Crippen molar-refractivity contribution in [3.63, 3.8) is 0 Å². The van der Waals surface area contributed by atoms with Gasteiger partial charge in [0.05, 0.1) is 13.0 Å². The number of likely N-dealkylation sites (tertiary alicyclic amines) is 2. The Kier molecular flexibility index (Phi) is 6.50. The van der Waals surface area contributed by atoms with Gasteiger partial charge in [-0.3, -0.25) is 19.4 Å². The van der Waals surface area contributed by atoms with Crippen molar-refractivity contribution in [2.75, 3.05) is 39.8 Å². The van der Waals surface area contributed by atoms with Crippen LogP contribution >= 0.6 is 0 Å². The summed E-state index contributed by atoms with van der Waals surface area (Å²) in [6.07, 6.45) is 6.70. The number of benzene rings is 1. The van der Waals surface area contributed by atoms with Gasteiger partial charge < -0.3 is 10.1 Å². The van der Waals surface area contributed by atoms with Crippen LogP contribution in [0, 0.1) is 5.92 Å². The molecular weight excluding hydrogens is 366 g/mol. The number of amides is 1. The van der Waals surface area contributed by atoms with Gasteiger partial charge in [0.15, 0.2) is 0 Å². The lowest BCUT2D eigenvalue weighted by molar-refractivity contribution is -0.142. The third-order valence-corrected chi connectivity index (χ3v) is 7.02. The molecule has 0 radical (unpaired) electrons. The van der Waals surface area contributed by atoms with Gasteiger partial charge in [-0.2, -0.15) is 0 Å². The highest BCUT2D eigenvalue weighted by Gasteiger charge is 2.34. The van der Waals surface area contributed by atoms with E-state index in [2.05, 4.69) is 44.1 Å². The number of methoxy groups -OCH3 is 1. The number of nitrogens with zero attached hydrogens (tertiary/aromatic N) is 2. The maximum absolute atomic E-state index is 12.4. The van der Waals surface area contributed by atoms with Gasteiger partial charge in [0, 0.05) is 18.6 Å². The van der Waals surface area contributed by atoms with Crippen molar-refractivity contribution >= 4 is 11.9 Å². The van der Waals surface area contributed by atoms with Crippen LogP contribution in [0.3, 0.4) is 0 Å². The SMILES string of the molecule is COC(=O)CNC(=O)C1CCCN(C2CCN(C3Cc4ccccc4C3)CC2)C1. The summed E-state index contributed by atoms with van der Waals surface area (Å²) in [5.74, 6) is -0.426. The highest BCUT2D eigenvalue weighted by molar-refractivity contribution is 5.83. The van der Waals surface area contributed by atoms with Gasteiger partial charge in [-0.25, -0.2) is 0 Å². The molecule has 1 N–H and O–H groups in total. The van der Waals surface area contributed by atoms with Crippen LogP contribution < -0.4 is 5.32 Å². The van der Waals surface area contributed by atoms with Crippen molar-refractivity contribution in [1.82, 2.24) is 15.1 Å². The van der Waals surface area contributed by atoms with Crippen LogP contribution in [0.2, 0.25) is 0 Å². The zero-order valence-electron chi connectivity index (χ0n) is 17.4. The summed E-state index contributed by atoms with van der Waals surface area (Å²) in [5, 5.41) is 2.73. The lowest BCUT2D eigenvalue weighted by atomic mass is 9.92. The van der Waals surface area contributed by atoms with E-state index in [1.165, 1.54) is 43.9 Å². The fourth-order valence-corrected chi connectivity index (χ4v) is 5.34. The van der Waals surface area contributed by atoms with Crippen molar-refractivity contribution in [3.8, 4) is 0 Å². The Morgan fingerprint density at radius 2 is 1.69 bits per heavy atom. The van der Waals surface area contributed by atoms with Gasteiger partial charge in [0.25, 0.3) is 0 Å². The maximum Gasteiger partial charge on any atom is 0.325 e. The Bertz CT molecular complexity index is 705. The monoisotopic (exact) mass is 399 g/mol. The molecule has 0 spiro atoms. The van der Waals surface area contributed by atoms with E-state index in [4.69, 9.17) is 0 Å². The molecule has 2 aliphatic heterocycles. The molecule has 1 aromatic rings. The summed E-state index contributed by atoms with van der Waals surface area (Å²) in [6.45, 7) is 4.17. The van der Waals surface area contributed by atoms with E-state index in [9.17, 15) is 9.59 Å². The van der Waals surface area contributed by atoms with Crippen molar-refractivity contribution in [1.29, 1.82) is 0 Å². The van der Waals surface area contributed by atoms with Crippen LogP contribution in [0.5, 0.6) is 0 Å². The first-order valence-corrected chi connectivity index (χ1v) is 11.0. The highest BCUT2D eigenvalue weighted by Crippen LogP contribution is 2.29. The van der Waals surface area contributed by atoms with Crippen LogP contribution in [0.4, 0.5) is 0 Å². The molecule has 158 valence electrons. The van der Waals surface area contributed by atoms with Crippen LogP contribution in [0.1, 0.15) is 36.8 Å². The second-order valence-electron chi connectivity index (χ2n) is 8.73. The molecule has 1 amide bonds. The first-order valence-electron chi connectivity index (χ1n) is 11.0. The van der Waals surface area contributed by atoms with Crippen molar-refractivity contribution in [2.24, 2.45) is 5.92 Å². The number of nitrogens with one attached hydrogen (secondary N) is 1. The molecule has 6 heteroatoms. The van der Waals surface area contributed by atoms with E-state index in [0.29, 0.717) is 12.1 Å². The number of hydrogen-bond acceptors (Lipinski definition) is 5. The second-order valence-corrected chi connectivity index (χ2v) is 8.73. The quantitative estimate of drug-likeness (QED) is 0.763. The minimum Gasteiger partial charge on any atom is -0.468 e. The second kappa shape index (κ2) is 9.26. The average molecular weight is 400 g/mol. The maximum atomic E-state index is 12.4. The highest BCUT2D eigenvalue weighted by atomic mass is 16.5. The molecule has 29 heavy (non-hydrogen) atoms. The Labute approximate surface area is 173 Å². The summed E-state index contributed by atoms with van der Waals surface area (Å²) in [4.78, 5) is 28.9. The number of hydrogen-bond donors (Lipinski definition) is 1. The van der Waals surface area contributed by atoms with E-state index in [-0.39, 0.29) is 18.4 Å². The smallest absolute Gasteiger partial charge is 0.325 e. The number of carbonyl (C=O) groups excluding carboxylic acids is 2. The summed E-state index contributed by atoms with van der Waals surface area (Å²) in [5.41, 5.74) is 3.05. The van der Waals surface area contributed by atoms with Crippen molar-refractivity contribution < 1.29 is 14.3 Å². The van der Waals surface area contributed by atoms with Crippen LogP contribution in [-0.4, -0.2) is 73.6 Å². The van der Waals surface area contributed by atoms with Gasteiger partial charge >= 0.3 is 5.97 Å². The summed E-state index contributed by atoms with van der Waals surface area (Å²) >= 11 is 0. The molecule has 3 aliphatic rings. The van der Waals surface area contributed by atoms with Gasteiger partial charge in [0.2, 0.25) is 5.91 Å². The minimum absolute atomic E-state index is 0.0127. The number of rotatable bonds is 5. The molecule has 2 fully saturated rings. The molecule has 1 aromatic carbocycles. The van der Waals surface area contributed by atoms with E-state index < -0.39 is 5.97 Å². The number of piperidine rings is 2. The Morgan fingerprint density at radius 1 is 1.00 bits per heavy atom. The fourth-order valence-electron chi connectivity index (χ4n) is 5.34. The number of ether oxygens (including phenoxy) is 1. The lowest BCUT2D eigenvalue weighted by Crippen LogP contribution is -2.52.